The van der Waals surface area contributed by atoms with Gasteiger partial charge in [-0.15, -0.1) is 0 Å². The molecule has 1 aromatic carbocycles. The molecule has 7 nitrogen and oxygen atoms in total. The summed E-state index contributed by atoms with van der Waals surface area (Å²) in [6.45, 7) is 2.05. The van der Waals surface area contributed by atoms with Gasteiger partial charge >= 0.3 is 6.03 Å². The number of carbonyl (C=O) groups excluding carboxylic acids is 2. The molecule has 3 rings (SSSR count). The van der Waals surface area contributed by atoms with Gasteiger partial charge in [-0.2, -0.15) is 4.31 Å². The summed E-state index contributed by atoms with van der Waals surface area (Å²) in [5.74, 6) is -1.13. The molecule has 0 radical (unpaired) electrons. The maximum atomic E-state index is 13.8. The van der Waals surface area contributed by atoms with E-state index in [9.17, 15) is 22.4 Å². The number of benzene rings is 1. The quantitative estimate of drug-likeness (QED) is 0.817. The zero-order valence-corrected chi connectivity index (χ0v) is 14.0. The Labute approximate surface area is 139 Å². The van der Waals surface area contributed by atoms with Crippen LogP contribution in [0.15, 0.2) is 29.2 Å². The van der Waals surface area contributed by atoms with Crippen molar-refractivity contribution in [3.05, 3.63) is 30.1 Å². The first-order valence-corrected chi connectivity index (χ1v) is 9.14. The molecule has 130 valence electrons. The first-order valence-electron chi connectivity index (χ1n) is 7.70. The van der Waals surface area contributed by atoms with Crippen molar-refractivity contribution in [2.45, 2.75) is 30.2 Å². The van der Waals surface area contributed by atoms with E-state index in [4.69, 9.17) is 0 Å². The molecule has 2 heterocycles. The summed E-state index contributed by atoms with van der Waals surface area (Å²) in [6.07, 6.45) is 0.337. The van der Waals surface area contributed by atoms with E-state index in [-0.39, 0.29) is 43.3 Å². The van der Waals surface area contributed by atoms with Crippen LogP contribution in [0.25, 0.3) is 0 Å². The Balaban J connectivity index is 1.80. The molecule has 0 saturated carbocycles. The summed E-state index contributed by atoms with van der Waals surface area (Å²) in [4.78, 5) is 25.0. The molecular weight excluding hydrogens is 337 g/mol. The number of carbonyl (C=O) groups is 2. The second kappa shape index (κ2) is 5.82. The largest absolute Gasteiger partial charge is 0.325 e. The van der Waals surface area contributed by atoms with E-state index in [0.717, 1.165) is 15.3 Å². The Hall–Kier alpha value is -2.00. The number of halogens is 1. The third-order valence-electron chi connectivity index (χ3n) is 4.59. The molecule has 0 aromatic heterocycles. The normalized spacial score (nSPS) is 21.3. The number of amides is 3. The first kappa shape index (κ1) is 16.8. The van der Waals surface area contributed by atoms with Gasteiger partial charge < -0.3 is 5.32 Å². The number of imide groups is 1. The number of urea groups is 1. The lowest BCUT2D eigenvalue weighted by molar-refractivity contribution is -0.132. The molecule has 0 aliphatic carbocycles. The highest BCUT2D eigenvalue weighted by Crippen LogP contribution is 2.32. The number of nitrogens with one attached hydrogen (secondary N) is 1. The van der Waals surface area contributed by atoms with Gasteiger partial charge in [0.15, 0.2) is 0 Å². The van der Waals surface area contributed by atoms with Gasteiger partial charge in [0.2, 0.25) is 10.0 Å². The standard InChI is InChI=1S/C15H18FN3O4S/c1-2-19-13(20)15(17-14(19)21)7-9-18(10-8-15)24(22,23)12-6-4-3-5-11(12)16/h3-6H,2,7-10H2,1H3,(H,17,21). The summed E-state index contributed by atoms with van der Waals surface area (Å²) in [5, 5.41) is 2.69. The second-order valence-electron chi connectivity index (χ2n) is 5.90. The Morgan fingerprint density at radius 2 is 1.83 bits per heavy atom. The van der Waals surface area contributed by atoms with Crippen molar-refractivity contribution in [1.29, 1.82) is 0 Å². The van der Waals surface area contributed by atoms with E-state index in [1.165, 1.54) is 18.2 Å². The molecule has 3 amide bonds. The van der Waals surface area contributed by atoms with Gasteiger partial charge in [0.25, 0.3) is 5.91 Å². The van der Waals surface area contributed by atoms with Gasteiger partial charge in [-0.1, -0.05) is 12.1 Å². The number of piperidine rings is 1. The van der Waals surface area contributed by atoms with E-state index < -0.39 is 27.4 Å². The summed E-state index contributed by atoms with van der Waals surface area (Å²) >= 11 is 0. The van der Waals surface area contributed by atoms with Crippen molar-refractivity contribution in [2.75, 3.05) is 19.6 Å². The molecule has 1 aromatic rings. The molecule has 0 atom stereocenters. The van der Waals surface area contributed by atoms with Crippen molar-refractivity contribution in [3.63, 3.8) is 0 Å². The van der Waals surface area contributed by atoms with Crippen LogP contribution in [-0.4, -0.2) is 54.7 Å². The molecule has 1 N–H and O–H groups in total. The Bertz CT molecular complexity index is 788. The number of hydrogen-bond donors (Lipinski definition) is 1. The average Bonchev–Trinajstić information content (AvgIpc) is 2.78. The maximum absolute atomic E-state index is 13.8. The van der Waals surface area contributed by atoms with E-state index in [0.29, 0.717) is 0 Å². The number of rotatable bonds is 3. The molecule has 2 aliphatic heterocycles. The van der Waals surface area contributed by atoms with Crippen LogP contribution in [0.4, 0.5) is 9.18 Å². The lowest BCUT2D eigenvalue weighted by atomic mass is 9.88. The van der Waals surface area contributed by atoms with Crippen LogP contribution in [0, 0.1) is 5.82 Å². The lowest BCUT2D eigenvalue weighted by Crippen LogP contribution is -2.55. The molecular formula is C15H18FN3O4S. The summed E-state index contributed by atoms with van der Waals surface area (Å²) in [7, 11) is -3.97. The number of likely N-dealkylation sites (N-methyl/N-ethyl adjacent to an activating group) is 1. The number of sulfonamides is 1. The minimum Gasteiger partial charge on any atom is -0.323 e. The Morgan fingerprint density at radius 1 is 1.21 bits per heavy atom. The van der Waals surface area contributed by atoms with E-state index in [1.54, 1.807) is 6.92 Å². The highest BCUT2D eigenvalue weighted by Gasteiger charge is 2.52. The molecule has 2 aliphatic rings. The fourth-order valence-electron chi connectivity index (χ4n) is 3.20. The predicted molar refractivity (Wildman–Crippen MR) is 83.0 cm³/mol. The van der Waals surface area contributed by atoms with Crippen molar-refractivity contribution in [3.8, 4) is 0 Å². The SMILES string of the molecule is CCN1C(=O)NC2(CCN(S(=O)(=O)c3ccccc3F)CC2)C1=O. The topological polar surface area (TPSA) is 86.8 Å². The van der Waals surface area contributed by atoms with Crippen LogP contribution in [0.5, 0.6) is 0 Å². The lowest BCUT2D eigenvalue weighted by Gasteiger charge is -2.36. The highest BCUT2D eigenvalue weighted by molar-refractivity contribution is 7.89. The predicted octanol–water partition coefficient (Wildman–Crippen LogP) is 0.921. The van der Waals surface area contributed by atoms with Gasteiger partial charge in [0.05, 0.1) is 0 Å². The van der Waals surface area contributed by atoms with E-state index in [2.05, 4.69) is 5.32 Å². The molecule has 0 bridgehead atoms. The van der Waals surface area contributed by atoms with E-state index in [1.807, 2.05) is 0 Å². The second-order valence-corrected chi connectivity index (χ2v) is 7.80. The van der Waals surface area contributed by atoms with Crippen LogP contribution < -0.4 is 5.32 Å². The number of nitrogens with zero attached hydrogens (tertiary/aromatic N) is 2. The zero-order chi connectivity index (χ0) is 17.5. The van der Waals surface area contributed by atoms with Crippen LogP contribution in [0.2, 0.25) is 0 Å². The fraction of sp³-hybridized carbons (Fsp3) is 0.467. The minimum atomic E-state index is -3.97. The Morgan fingerprint density at radius 3 is 2.38 bits per heavy atom. The molecule has 2 saturated heterocycles. The first-order chi connectivity index (χ1) is 11.3. The third kappa shape index (κ3) is 2.48. The average molecular weight is 355 g/mol. The van der Waals surface area contributed by atoms with Crippen LogP contribution >= 0.6 is 0 Å². The van der Waals surface area contributed by atoms with Gasteiger partial charge in [-0.25, -0.2) is 17.6 Å². The van der Waals surface area contributed by atoms with Crippen molar-refractivity contribution < 1.29 is 22.4 Å². The molecule has 1 spiro atoms. The van der Waals surface area contributed by atoms with Crippen LogP contribution in [0.1, 0.15) is 19.8 Å². The smallest absolute Gasteiger partial charge is 0.323 e. The van der Waals surface area contributed by atoms with E-state index >= 15 is 0 Å². The molecule has 0 unspecified atom stereocenters. The van der Waals surface area contributed by atoms with Gasteiger partial charge in [0, 0.05) is 19.6 Å². The zero-order valence-electron chi connectivity index (χ0n) is 13.2. The van der Waals surface area contributed by atoms with Gasteiger partial charge in [-0.05, 0) is 31.9 Å². The molecule has 9 heteroatoms. The summed E-state index contributed by atoms with van der Waals surface area (Å²) in [6, 6.07) is 4.74. The highest BCUT2D eigenvalue weighted by atomic mass is 32.2. The van der Waals surface area contributed by atoms with Crippen molar-refractivity contribution in [2.24, 2.45) is 0 Å². The Kier molecular flexibility index (Phi) is 4.08. The summed E-state index contributed by atoms with van der Waals surface area (Å²) in [5.41, 5.74) is -1.05. The maximum Gasteiger partial charge on any atom is 0.325 e. The van der Waals surface area contributed by atoms with Crippen molar-refractivity contribution >= 4 is 22.0 Å². The fourth-order valence-corrected chi connectivity index (χ4v) is 4.71. The molecule has 24 heavy (non-hydrogen) atoms. The molecule has 2 fully saturated rings. The van der Waals surface area contributed by atoms with Crippen molar-refractivity contribution in [1.82, 2.24) is 14.5 Å². The third-order valence-corrected chi connectivity index (χ3v) is 6.52. The number of hydrogen-bond acceptors (Lipinski definition) is 4. The van der Waals surface area contributed by atoms with Crippen LogP contribution in [-0.2, 0) is 14.8 Å². The van der Waals surface area contributed by atoms with Gasteiger partial charge in [0.1, 0.15) is 16.3 Å². The van der Waals surface area contributed by atoms with Gasteiger partial charge in [-0.3, -0.25) is 9.69 Å². The van der Waals surface area contributed by atoms with Crippen LogP contribution in [0.3, 0.4) is 0 Å². The monoisotopic (exact) mass is 355 g/mol. The summed E-state index contributed by atoms with van der Waals surface area (Å²) < 4.78 is 40.1. The minimum absolute atomic E-state index is 0.0419.